The number of hydrogen-bond acceptors (Lipinski definition) is 7. The van der Waals surface area contributed by atoms with Gasteiger partial charge in [-0.15, -0.1) is 0 Å². The lowest BCUT2D eigenvalue weighted by molar-refractivity contribution is -0.147. The van der Waals surface area contributed by atoms with Crippen LogP contribution in [-0.4, -0.2) is 79.2 Å². The van der Waals surface area contributed by atoms with Gasteiger partial charge < -0.3 is 30.3 Å². The lowest BCUT2D eigenvalue weighted by atomic mass is 9.98. The zero-order valence-electron chi connectivity index (χ0n) is 22.6. The van der Waals surface area contributed by atoms with Crippen molar-refractivity contribution >= 4 is 23.9 Å². The molecule has 1 saturated carbocycles. The Morgan fingerprint density at radius 2 is 1.75 bits per heavy atom. The summed E-state index contributed by atoms with van der Waals surface area (Å²) in [7, 11) is 1.32. The Morgan fingerprint density at radius 3 is 2.42 bits per heavy atom. The molecule has 3 N–H and O–H groups in total. The molecule has 36 heavy (non-hydrogen) atoms. The van der Waals surface area contributed by atoms with E-state index in [1.165, 1.54) is 7.11 Å². The van der Waals surface area contributed by atoms with E-state index in [4.69, 9.17) is 9.47 Å². The van der Waals surface area contributed by atoms with Crippen molar-refractivity contribution in [1.29, 1.82) is 0 Å². The van der Waals surface area contributed by atoms with Crippen LogP contribution >= 0.6 is 0 Å². The van der Waals surface area contributed by atoms with Crippen molar-refractivity contribution in [3.63, 3.8) is 0 Å². The molecule has 2 aliphatic heterocycles. The first kappa shape index (κ1) is 28.2. The molecule has 5 atom stereocenters. The van der Waals surface area contributed by atoms with Crippen LogP contribution in [0.3, 0.4) is 0 Å². The molecule has 3 aliphatic rings. The van der Waals surface area contributed by atoms with Gasteiger partial charge in [-0.05, 0) is 57.4 Å². The zero-order valence-corrected chi connectivity index (χ0v) is 22.6. The first-order valence-corrected chi connectivity index (χ1v) is 13.3. The lowest BCUT2D eigenvalue weighted by Crippen LogP contribution is -2.59. The van der Waals surface area contributed by atoms with Gasteiger partial charge in [0.1, 0.15) is 23.7 Å². The Balaban J connectivity index is 1.84. The maximum Gasteiger partial charge on any atom is 0.408 e. The van der Waals surface area contributed by atoms with Crippen LogP contribution in [-0.2, 0) is 23.9 Å². The van der Waals surface area contributed by atoms with E-state index in [0.29, 0.717) is 19.5 Å². The monoisotopic (exact) mass is 508 g/mol. The van der Waals surface area contributed by atoms with Gasteiger partial charge >= 0.3 is 12.1 Å². The van der Waals surface area contributed by atoms with Gasteiger partial charge in [-0.3, -0.25) is 9.59 Å². The smallest absolute Gasteiger partial charge is 0.408 e. The SMILES string of the molecule is COC(=O)[C@@H]1CCCCCCCNC[C@H](NC(=O)OC(C)(C)C)C(=O)N2C[C@H]3[C@@H]([C@H]2C(=O)N1)C3(C)C. The van der Waals surface area contributed by atoms with Crippen molar-refractivity contribution in [3.8, 4) is 0 Å². The number of ether oxygens (including phenoxy) is 2. The van der Waals surface area contributed by atoms with E-state index in [2.05, 4.69) is 29.8 Å². The Morgan fingerprint density at radius 1 is 1.08 bits per heavy atom. The van der Waals surface area contributed by atoms with E-state index >= 15 is 0 Å². The van der Waals surface area contributed by atoms with Gasteiger partial charge in [-0.1, -0.05) is 39.5 Å². The average molecular weight is 509 g/mol. The average Bonchev–Trinajstić information content (AvgIpc) is 3.12. The molecule has 0 aromatic heterocycles. The summed E-state index contributed by atoms with van der Waals surface area (Å²) in [5.41, 5.74) is -0.782. The van der Waals surface area contributed by atoms with Crippen LogP contribution in [0, 0.1) is 17.3 Å². The number of esters is 1. The molecule has 0 radical (unpaired) electrons. The Kier molecular flexibility index (Phi) is 8.90. The summed E-state index contributed by atoms with van der Waals surface area (Å²) in [6, 6.07) is -2.33. The second-order valence-corrected chi connectivity index (χ2v) is 11.9. The first-order chi connectivity index (χ1) is 16.9. The molecule has 10 heteroatoms. The summed E-state index contributed by atoms with van der Waals surface area (Å²) in [5, 5.41) is 8.90. The predicted molar refractivity (Wildman–Crippen MR) is 134 cm³/mol. The van der Waals surface area contributed by atoms with Crippen LogP contribution in [0.25, 0.3) is 0 Å². The number of piperidine rings is 1. The maximum atomic E-state index is 13.8. The van der Waals surface area contributed by atoms with Gasteiger partial charge in [0.25, 0.3) is 0 Å². The lowest BCUT2D eigenvalue weighted by Gasteiger charge is -2.34. The highest BCUT2D eigenvalue weighted by Gasteiger charge is 2.69. The first-order valence-electron chi connectivity index (χ1n) is 13.3. The fraction of sp³-hybridized carbons (Fsp3) is 0.846. The summed E-state index contributed by atoms with van der Waals surface area (Å²) in [6.45, 7) is 10.9. The van der Waals surface area contributed by atoms with E-state index in [1.54, 1.807) is 25.7 Å². The number of methoxy groups -OCH3 is 1. The van der Waals surface area contributed by atoms with Gasteiger partial charge in [-0.25, -0.2) is 9.59 Å². The van der Waals surface area contributed by atoms with Crippen LogP contribution in [0.5, 0.6) is 0 Å². The number of hydrogen-bond donors (Lipinski definition) is 3. The molecule has 3 fully saturated rings. The third kappa shape index (κ3) is 6.69. The molecule has 3 amide bonds. The number of fused-ring (bicyclic) bond motifs is 3. The van der Waals surface area contributed by atoms with Gasteiger partial charge in [0.05, 0.1) is 7.11 Å². The van der Waals surface area contributed by atoms with E-state index in [1.807, 2.05) is 0 Å². The zero-order chi connectivity index (χ0) is 26.7. The van der Waals surface area contributed by atoms with Crippen molar-refractivity contribution in [1.82, 2.24) is 20.9 Å². The standard InChI is InChI=1S/C26H44N4O6/c1-25(2,3)36-24(34)29-18-14-27-13-11-9-7-8-10-12-17(23(33)35-6)28-21(31)20-19-16(26(19,4)5)15-30(20)22(18)32/h16-20,27H,7-15H2,1-6H3,(H,28,31)(H,29,34)/t16-,17-,18-,19-,20-/m0/s1. The largest absolute Gasteiger partial charge is 0.467 e. The molecule has 0 aromatic carbocycles. The molecular weight excluding hydrogens is 464 g/mol. The van der Waals surface area contributed by atoms with Crippen molar-refractivity contribution < 1.29 is 28.7 Å². The summed E-state index contributed by atoms with van der Waals surface area (Å²) in [6.07, 6.45) is 4.54. The van der Waals surface area contributed by atoms with Crippen LogP contribution in [0.4, 0.5) is 4.79 Å². The molecule has 2 heterocycles. The number of rotatable bonds is 2. The summed E-state index contributed by atoms with van der Waals surface area (Å²) < 4.78 is 10.3. The molecule has 204 valence electrons. The fourth-order valence-electron chi connectivity index (χ4n) is 5.69. The summed E-state index contributed by atoms with van der Waals surface area (Å²) >= 11 is 0. The van der Waals surface area contributed by atoms with Crippen molar-refractivity contribution in [2.24, 2.45) is 17.3 Å². The summed E-state index contributed by atoms with van der Waals surface area (Å²) in [4.78, 5) is 53.9. The second-order valence-electron chi connectivity index (χ2n) is 11.9. The Labute approximate surface area is 214 Å². The quantitative estimate of drug-likeness (QED) is 0.487. The van der Waals surface area contributed by atoms with Gasteiger partial charge in [0, 0.05) is 13.1 Å². The Hall–Kier alpha value is -2.36. The minimum Gasteiger partial charge on any atom is -0.467 e. The van der Waals surface area contributed by atoms with Crippen molar-refractivity contribution in [3.05, 3.63) is 0 Å². The van der Waals surface area contributed by atoms with Gasteiger partial charge in [0.2, 0.25) is 11.8 Å². The van der Waals surface area contributed by atoms with E-state index < -0.39 is 35.8 Å². The second kappa shape index (κ2) is 11.4. The number of nitrogens with one attached hydrogen (secondary N) is 3. The highest BCUT2D eigenvalue weighted by molar-refractivity contribution is 5.94. The van der Waals surface area contributed by atoms with E-state index in [-0.39, 0.29) is 35.6 Å². The predicted octanol–water partition coefficient (Wildman–Crippen LogP) is 1.96. The minimum absolute atomic E-state index is 0.00577. The van der Waals surface area contributed by atoms with Crippen LogP contribution in [0.2, 0.25) is 0 Å². The molecule has 3 rings (SSSR count). The van der Waals surface area contributed by atoms with Crippen molar-refractivity contribution in [2.75, 3.05) is 26.7 Å². The normalized spacial score (nSPS) is 31.5. The number of carbonyl (C=O) groups is 4. The number of nitrogens with zero attached hydrogens (tertiary/aromatic N) is 1. The molecule has 1 aliphatic carbocycles. The van der Waals surface area contributed by atoms with E-state index in [9.17, 15) is 19.2 Å². The van der Waals surface area contributed by atoms with Crippen LogP contribution in [0.1, 0.15) is 73.1 Å². The number of carbonyl (C=O) groups excluding carboxylic acids is 4. The number of alkyl carbamates (subject to hydrolysis) is 1. The molecule has 0 unspecified atom stereocenters. The summed E-state index contributed by atoms with van der Waals surface area (Å²) in [5.74, 6) is -0.952. The van der Waals surface area contributed by atoms with Gasteiger partial charge in [0.15, 0.2) is 0 Å². The third-order valence-corrected chi connectivity index (χ3v) is 7.75. The van der Waals surface area contributed by atoms with Gasteiger partial charge in [-0.2, -0.15) is 0 Å². The van der Waals surface area contributed by atoms with Crippen molar-refractivity contribution in [2.45, 2.75) is 96.9 Å². The molecule has 0 aromatic rings. The van der Waals surface area contributed by atoms with Crippen LogP contribution < -0.4 is 16.0 Å². The minimum atomic E-state index is -0.875. The van der Waals surface area contributed by atoms with E-state index in [0.717, 1.165) is 32.1 Å². The molecule has 0 spiro atoms. The molecule has 10 nitrogen and oxygen atoms in total. The highest BCUT2D eigenvalue weighted by atomic mass is 16.6. The fourth-order valence-corrected chi connectivity index (χ4v) is 5.69. The topological polar surface area (TPSA) is 126 Å². The third-order valence-electron chi connectivity index (χ3n) is 7.75. The molecule has 2 saturated heterocycles. The molecular formula is C26H44N4O6. The van der Waals surface area contributed by atoms with Crippen LogP contribution in [0.15, 0.2) is 0 Å². The number of amides is 3. The molecule has 0 bridgehead atoms. The highest BCUT2D eigenvalue weighted by Crippen LogP contribution is 2.64. The maximum absolute atomic E-state index is 13.8. The Bertz CT molecular complexity index is 839.